The summed E-state index contributed by atoms with van der Waals surface area (Å²) < 4.78 is 16.2. The number of carbonyl (C=O) groups excluding carboxylic acids is 2. The third-order valence-electron chi connectivity index (χ3n) is 4.61. The number of rotatable bonds is 10. The van der Waals surface area contributed by atoms with E-state index in [9.17, 15) is 14.7 Å². The summed E-state index contributed by atoms with van der Waals surface area (Å²) in [7, 11) is 3.01. The number of hydrogen-bond acceptors (Lipinski definition) is 7. The Morgan fingerprint density at radius 1 is 0.970 bits per heavy atom. The van der Waals surface area contributed by atoms with E-state index in [2.05, 4.69) is 15.6 Å². The summed E-state index contributed by atoms with van der Waals surface area (Å²) in [6.07, 6.45) is 2.06. The summed E-state index contributed by atoms with van der Waals surface area (Å²) in [4.78, 5) is 28.7. The molecule has 2 amide bonds. The standard InChI is InChI=1S/C24H25N3O6/c1-31-20-9-4-10-21(32-2)22(20)33-15-19(28)14-26-23(29)16-6-3-8-18(12-16)27-24(30)17-7-5-11-25-13-17/h3-13,19,28H,14-15H2,1-2H3,(H,26,29)(H,27,30). The molecule has 0 saturated heterocycles. The summed E-state index contributed by atoms with van der Waals surface area (Å²) in [6.45, 7) is -0.124. The Balaban J connectivity index is 1.53. The molecular formula is C24H25N3O6. The van der Waals surface area contributed by atoms with Gasteiger partial charge in [-0.3, -0.25) is 14.6 Å². The lowest BCUT2D eigenvalue weighted by Crippen LogP contribution is -2.35. The minimum atomic E-state index is -0.975. The van der Waals surface area contributed by atoms with Crippen LogP contribution in [0.25, 0.3) is 0 Å². The van der Waals surface area contributed by atoms with Gasteiger partial charge in [0.25, 0.3) is 11.8 Å². The highest BCUT2D eigenvalue weighted by Crippen LogP contribution is 2.36. The number of nitrogens with zero attached hydrogens (tertiary/aromatic N) is 1. The van der Waals surface area contributed by atoms with Crippen LogP contribution < -0.4 is 24.8 Å². The van der Waals surface area contributed by atoms with Crippen LogP contribution in [0, 0.1) is 0 Å². The number of aromatic nitrogens is 1. The molecule has 0 spiro atoms. The maximum Gasteiger partial charge on any atom is 0.257 e. The van der Waals surface area contributed by atoms with Crippen LogP contribution >= 0.6 is 0 Å². The van der Waals surface area contributed by atoms with Gasteiger partial charge in [0, 0.05) is 30.2 Å². The predicted molar refractivity (Wildman–Crippen MR) is 122 cm³/mol. The molecule has 0 aliphatic heterocycles. The number of aliphatic hydroxyl groups excluding tert-OH is 1. The third-order valence-corrected chi connectivity index (χ3v) is 4.61. The smallest absolute Gasteiger partial charge is 0.257 e. The zero-order valence-corrected chi connectivity index (χ0v) is 18.3. The van der Waals surface area contributed by atoms with Gasteiger partial charge in [-0.2, -0.15) is 0 Å². The number of anilines is 1. The monoisotopic (exact) mass is 451 g/mol. The van der Waals surface area contributed by atoms with Crippen molar-refractivity contribution in [1.82, 2.24) is 10.3 Å². The molecule has 0 aliphatic rings. The Hall–Kier alpha value is -4.11. The van der Waals surface area contributed by atoms with Crippen molar-refractivity contribution in [3.8, 4) is 17.2 Å². The van der Waals surface area contributed by atoms with Gasteiger partial charge in [-0.05, 0) is 42.5 Å². The molecule has 0 saturated carbocycles. The van der Waals surface area contributed by atoms with E-state index in [1.165, 1.54) is 20.4 Å². The fourth-order valence-corrected chi connectivity index (χ4v) is 2.95. The molecule has 0 fully saturated rings. The number of aliphatic hydroxyl groups is 1. The predicted octanol–water partition coefficient (Wildman–Crippen LogP) is 2.52. The van der Waals surface area contributed by atoms with E-state index in [1.807, 2.05) is 0 Å². The fraction of sp³-hybridized carbons (Fsp3) is 0.208. The van der Waals surface area contributed by atoms with Crippen LogP contribution in [0.2, 0.25) is 0 Å². The van der Waals surface area contributed by atoms with Crippen molar-refractivity contribution >= 4 is 17.5 Å². The Morgan fingerprint density at radius 3 is 2.33 bits per heavy atom. The zero-order valence-electron chi connectivity index (χ0n) is 18.3. The first-order chi connectivity index (χ1) is 16.0. The molecule has 9 heteroatoms. The molecule has 33 heavy (non-hydrogen) atoms. The molecule has 0 bridgehead atoms. The van der Waals surface area contributed by atoms with E-state index in [-0.39, 0.29) is 19.1 Å². The van der Waals surface area contributed by atoms with Crippen LogP contribution in [-0.2, 0) is 0 Å². The molecule has 3 N–H and O–H groups in total. The van der Waals surface area contributed by atoms with E-state index in [0.29, 0.717) is 34.1 Å². The SMILES string of the molecule is COc1cccc(OC)c1OCC(O)CNC(=O)c1cccc(NC(=O)c2cccnc2)c1. The Morgan fingerprint density at radius 2 is 1.67 bits per heavy atom. The number of amides is 2. The molecule has 1 atom stereocenters. The maximum absolute atomic E-state index is 12.5. The first kappa shape index (κ1) is 23.6. The van der Waals surface area contributed by atoms with E-state index in [4.69, 9.17) is 14.2 Å². The summed E-state index contributed by atoms with van der Waals surface area (Å²) in [5.41, 5.74) is 1.20. The molecular weight excluding hydrogens is 426 g/mol. The lowest BCUT2D eigenvalue weighted by atomic mass is 10.1. The average Bonchev–Trinajstić information content (AvgIpc) is 2.86. The first-order valence-corrected chi connectivity index (χ1v) is 10.1. The number of nitrogens with one attached hydrogen (secondary N) is 2. The van der Waals surface area contributed by atoms with E-state index in [0.717, 1.165) is 0 Å². The number of methoxy groups -OCH3 is 2. The molecule has 3 rings (SSSR count). The van der Waals surface area contributed by atoms with Gasteiger partial charge in [-0.15, -0.1) is 0 Å². The number of pyridine rings is 1. The van der Waals surface area contributed by atoms with E-state index < -0.39 is 12.0 Å². The molecule has 172 valence electrons. The summed E-state index contributed by atoms with van der Waals surface area (Å²) >= 11 is 0. The number of benzene rings is 2. The van der Waals surface area contributed by atoms with Gasteiger partial charge < -0.3 is 30.0 Å². The number of para-hydroxylation sites is 1. The van der Waals surface area contributed by atoms with Crippen molar-refractivity contribution in [2.45, 2.75) is 6.10 Å². The molecule has 3 aromatic rings. The lowest BCUT2D eigenvalue weighted by Gasteiger charge is -2.17. The molecule has 1 unspecified atom stereocenters. The van der Waals surface area contributed by atoms with Crippen LogP contribution in [-0.4, -0.2) is 55.4 Å². The lowest BCUT2D eigenvalue weighted by molar-refractivity contribution is 0.0833. The van der Waals surface area contributed by atoms with Crippen LogP contribution in [0.4, 0.5) is 5.69 Å². The van der Waals surface area contributed by atoms with Gasteiger partial charge in [0.1, 0.15) is 12.7 Å². The van der Waals surface area contributed by atoms with Crippen molar-refractivity contribution in [3.63, 3.8) is 0 Å². The molecule has 1 heterocycles. The fourth-order valence-electron chi connectivity index (χ4n) is 2.95. The van der Waals surface area contributed by atoms with Crippen molar-refractivity contribution < 1.29 is 28.9 Å². The van der Waals surface area contributed by atoms with Crippen LogP contribution in [0.1, 0.15) is 20.7 Å². The number of hydrogen-bond donors (Lipinski definition) is 3. The summed E-state index contributed by atoms with van der Waals surface area (Å²) in [5.74, 6) is 0.567. The van der Waals surface area contributed by atoms with E-state index in [1.54, 1.807) is 60.8 Å². The van der Waals surface area contributed by atoms with Crippen molar-refractivity contribution in [3.05, 3.63) is 78.1 Å². The second-order valence-electron chi connectivity index (χ2n) is 6.94. The second-order valence-corrected chi connectivity index (χ2v) is 6.94. The number of ether oxygens (including phenoxy) is 3. The Labute approximate surface area is 191 Å². The van der Waals surface area contributed by atoms with Crippen LogP contribution in [0.5, 0.6) is 17.2 Å². The largest absolute Gasteiger partial charge is 0.493 e. The van der Waals surface area contributed by atoms with Gasteiger partial charge in [-0.25, -0.2) is 0 Å². The highest BCUT2D eigenvalue weighted by molar-refractivity contribution is 6.04. The van der Waals surface area contributed by atoms with Crippen LogP contribution in [0.15, 0.2) is 67.0 Å². The maximum atomic E-state index is 12.5. The highest BCUT2D eigenvalue weighted by Gasteiger charge is 2.15. The molecule has 0 aliphatic carbocycles. The van der Waals surface area contributed by atoms with Crippen molar-refractivity contribution in [2.75, 3.05) is 32.7 Å². The minimum absolute atomic E-state index is 0.0391. The topological polar surface area (TPSA) is 119 Å². The van der Waals surface area contributed by atoms with Gasteiger partial charge in [0.15, 0.2) is 11.5 Å². The Kier molecular flexibility index (Phi) is 8.20. The molecule has 2 aromatic carbocycles. The minimum Gasteiger partial charge on any atom is -0.493 e. The second kappa shape index (κ2) is 11.5. The van der Waals surface area contributed by atoms with Gasteiger partial charge in [0.05, 0.1) is 19.8 Å². The summed E-state index contributed by atoms with van der Waals surface area (Å²) in [6, 6.07) is 15.0. The molecule has 9 nitrogen and oxygen atoms in total. The van der Waals surface area contributed by atoms with Gasteiger partial charge >= 0.3 is 0 Å². The normalized spacial score (nSPS) is 11.2. The number of carbonyl (C=O) groups is 2. The average molecular weight is 451 g/mol. The quantitative estimate of drug-likeness (QED) is 0.433. The first-order valence-electron chi connectivity index (χ1n) is 10.1. The van der Waals surface area contributed by atoms with Crippen molar-refractivity contribution in [1.29, 1.82) is 0 Å². The molecule has 1 aromatic heterocycles. The van der Waals surface area contributed by atoms with Gasteiger partial charge in [0.2, 0.25) is 5.75 Å². The highest BCUT2D eigenvalue weighted by atomic mass is 16.5. The molecule has 0 radical (unpaired) electrons. The van der Waals surface area contributed by atoms with E-state index >= 15 is 0 Å². The van der Waals surface area contributed by atoms with Crippen molar-refractivity contribution in [2.24, 2.45) is 0 Å². The van der Waals surface area contributed by atoms with Crippen LogP contribution in [0.3, 0.4) is 0 Å². The third kappa shape index (κ3) is 6.44. The Bertz CT molecular complexity index is 1070. The summed E-state index contributed by atoms with van der Waals surface area (Å²) in [5, 5.41) is 15.6. The zero-order chi connectivity index (χ0) is 23.6. The van der Waals surface area contributed by atoms with Gasteiger partial charge in [-0.1, -0.05) is 12.1 Å².